The molecule has 2 aromatic carbocycles. The number of aryl methyl sites for hydroxylation is 1. The third kappa shape index (κ3) is 4.68. The van der Waals surface area contributed by atoms with Crippen molar-refractivity contribution in [1.82, 2.24) is 4.72 Å². The molecule has 0 fully saturated rings. The molecule has 0 bridgehead atoms. The minimum absolute atomic E-state index is 0.0673. The smallest absolute Gasteiger partial charge is 0.339 e. The van der Waals surface area contributed by atoms with Crippen molar-refractivity contribution in [3.63, 3.8) is 0 Å². The van der Waals surface area contributed by atoms with Crippen molar-refractivity contribution in [3.8, 4) is 0 Å². The number of benzene rings is 2. The monoisotopic (exact) mass is 376 g/mol. The normalized spacial score (nSPS) is 12.3. The first-order valence-corrected chi connectivity index (χ1v) is 9.30. The van der Waals surface area contributed by atoms with Gasteiger partial charge < -0.3 is 10.1 Å². The van der Waals surface area contributed by atoms with Crippen LogP contribution in [0, 0.1) is 6.92 Å². The Balaban J connectivity index is 2.13. The fourth-order valence-corrected chi connectivity index (χ4v) is 3.40. The molecule has 0 aliphatic heterocycles. The number of carbonyl (C=O) groups excluding carboxylic acids is 2. The van der Waals surface area contributed by atoms with E-state index in [1.807, 2.05) is 6.92 Å². The Labute approximate surface area is 152 Å². The van der Waals surface area contributed by atoms with E-state index in [1.54, 1.807) is 24.3 Å². The molecule has 1 atom stereocenters. The highest BCUT2D eigenvalue weighted by molar-refractivity contribution is 7.89. The lowest BCUT2D eigenvalue weighted by molar-refractivity contribution is -0.117. The molecule has 1 amide bonds. The highest BCUT2D eigenvalue weighted by Gasteiger charge is 2.23. The molecule has 138 valence electrons. The summed E-state index contributed by atoms with van der Waals surface area (Å²) in [6, 6.07) is 11.5. The zero-order valence-corrected chi connectivity index (χ0v) is 15.5. The van der Waals surface area contributed by atoms with Gasteiger partial charge in [-0.2, -0.15) is 4.72 Å². The van der Waals surface area contributed by atoms with Crippen LogP contribution in [0.25, 0.3) is 0 Å². The Morgan fingerprint density at radius 3 is 2.27 bits per heavy atom. The first-order chi connectivity index (χ1) is 12.2. The Morgan fingerprint density at radius 1 is 1.04 bits per heavy atom. The van der Waals surface area contributed by atoms with Gasteiger partial charge in [-0.05, 0) is 38.1 Å². The number of amides is 1. The van der Waals surface area contributed by atoms with Gasteiger partial charge in [-0.1, -0.05) is 29.8 Å². The zero-order valence-electron chi connectivity index (χ0n) is 14.6. The Hall–Kier alpha value is -2.71. The van der Waals surface area contributed by atoms with Crippen molar-refractivity contribution in [2.45, 2.75) is 24.8 Å². The molecule has 26 heavy (non-hydrogen) atoms. The lowest BCUT2D eigenvalue weighted by atomic mass is 10.1. The second-order valence-electron chi connectivity index (χ2n) is 5.68. The number of rotatable bonds is 6. The average Bonchev–Trinajstić information content (AvgIpc) is 2.61. The number of esters is 1. The maximum Gasteiger partial charge on any atom is 0.339 e. The molecule has 2 rings (SSSR count). The van der Waals surface area contributed by atoms with E-state index in [1.165, 1.54) is 38.3 Å². The Bertz CT molecular complexity index is 907. The van der Waals surface area contributed by atoms with E-state index >= 15 is 0 Å². The van der Waals surface area contributed by atoms with E-state index in [0.29, 0.717) is 0 Å². The summed E-state index contributed by atoms with van der Waals surface area (Å²) in [5.41, 5.74) is 1.34. The summed E-state index contributed by atoms with van der Waals surface area (Å²) in [7, 11) is -2.61. The molecular formula is C18H20N2O5S. The number of nitrogens with one attached hydrogen (secondary N) is 2. The molecule has 7 nitrogen and oxygen atoms in total. The summed E-state index contributed by atoms with van der Waals surface area (Å²) in [4.78, 5) is 24.2. The van der Waals surface area contributed by atoms with E-state index < -0.39 is 27.9 Å². The Kier molecular flexibility index (Phi) is 6.12. The van der Waals surface area contributed by atoms with E-state index in [4.69, 9.17) is 0 Å². The highest BCUT2D eigenvalue weighted by atomic mass is 32.2. The predicted molar refractivity (Wildman–Crippen MR) is 97.4 cm³/mol. The van der Waals surface area contributed by atoms with E-state index in [0.717, 1.165) is 5.56 Å². The largest absolute Gasteiger partial charge is 0.465 e. The number of methoxy groups -OCH3 is 1. The number of hydrogen-bond acceptors (Lipinski definition) is 5. The van der Waals surface area contributed by atoms with Crippen molar-refractivity contribution in [1.29, 1.82) is 0 Å². The highest BCUT2D eigenvalue weighted by Crippen LogP contribution is 2.17. The SMILES string of the molecule is COC(=O)c1ccccc1NC(=O)[C@@H](C)NS(=O)(=O)c1ccc(C)cc1. The third-order valence-corrected chi connectivity index (χ3v) is 5.20. The van der Waals surface area contributed by atoms with Crippen LogP contribution in [0.4, 0.5) is 5.69 Å². The topological polar surface area (TPSA) is 102 Å². The van der Waals surface area contributed by atoms with Crippen LogP contribution in [0.15, 0.2) is 53.4 Å². The second-order valence-corrected chi connectivity index (χ2v) is 7.40. The first kappa shape index (κ1) is 19.6. The average molecular weight is 376 g/mol. The number of hydrogen-bond donors (Lipinski definition) is 2. The van der Waals surface area contributed by atoms with Crippen LogP contribution in [0.1, 0.15) is 22.8 Å². The van der Waals surface area contributed by atoms with Crippen LogP contribution in [0.5, 0.6) is 0 Å². The molecule has 0 aliphatic carbocycles. The van der Waals surface area contributed by atoms with E-state index in [-0.39, 0.29) is 16.1 Å². The lowest BCUT2D eigenvalue weighted by Crippen LogP contribution is -2.41. The lowest BCUT2D eigenvalue weighted by Gasteiger charge is -2.16. The van der Waals surface area contributed by atoms with Gasteiger partial charge in [0.25, 0.3) is 0 Å². The fourth-order valence-electron chi connectivity index (χ4n) is 2.19. The number of anilines is 1. The summed E-state index contributed by atoms with van der Waals surface area (Å²) in [5.74, 6) is -1.20. The van der Waals surface area contributed by atoms with Crippen LogP contribution in [-0.2, 0) is 19.6 Å². The molecule has 2 N–H and O–H groups in total. The number of sulfonamides is 1. The minimum atomic E-state index is -3.85. The third-order valence-electron chi connectivity index (χ3n) is 3.65. The summed E-state index contributed by atoms with van der Waals surface area (Å²) >= 11 is 0. The van der Waals surface area contributed by atoms with Gasteiger partial charge in [0.1, 0.15) is 0 Å². The van der Waals surface area contributed by atoms with Gasteiger partial charge in [0.15, 0.2) is 0 Å². The van der Waals surface area contributed by atoms with Crippen LogP contribution >= 0.6 is 0 Å². The zero-order chi connectivity index (χ0) is 19.3. The molecular weight excluding hydrogens is 356 g/mol. The summed E-state index contributed by atoms with van der Waals surface area (Å²) in [6.45, 7) is 3.26. The minimum Gasteiger partial charge on any atom is -0.465 e. The van der Waals surface area contributed by atoms with Crippen LogP contribution in [0.2, 0.25) is 0 Å². The van der Waals surface area contributed by atoms with Gasteiger partial charge in [-0.3, -0.25) is 4.79 Å². The van der Waals surface area contributed by atoms with Gasteiger partial charge in [0.2, 0.25) is 15.9 Å². The summed E-state index contributed by atoms with van der Waals surface area (Å²) in [6.07, 6.45) is 0. The van der Waals surface area contributed by atoms with E-state index in [9.17, 15) is 18.0 Å². The van der Waals surface area contributed by atoms with Crippen molar-refractivity contribution in [3.05, 3.63) is 59.7 Å². The predicted octanol–water partition coefficient (Wildman–Crippen LogP) is 2.09. The Morgan fingerprint density at radius 2 is 1.65 bits per heavy atom. The molecule has 0 aromatic heterocycles. The standard InChI is InChI=1S/C18H20N2O5S/c1-12-8-10-14(11-9-12)26(23,24)20-13(2)17(21)19-16-7-5-4-6-15(16)18(22)25-3/h4-11,13,20H,1-3H3,(H,19,21)/t13-/m1/s1. The maximum atomic E-state index is 12.4. The second kappa shape index (κ2) is 8.11. The van der Waals surface area contributed by atoms with Crippen molar-refractivity contribution < 1.29 is 22.7 Å². The maximum absolute atomic E-state index is 12.4. The molecule has 0 spiro atoms. The molecule has 0 saturated carbocycles. The van der Waals surface area contributed by atoms with Crippen LogP contribution in [-0.4, -0.2) is 33.4 Å². The number of para-hydroxylation sites is 1. The first-order valence-electron chi connectivity index (χ1n) is 7.82. The van der Waals surface area contributed by atoms with Crippen LogP contribution < -0.4 is 10.0 Å². The molecule has 8 heteroatoms. The fraction of sp³-hybridized carbons (Fsp3) is 0.222. The number of ether oxygens (including phenoxy) is 1. The van der Waals surface area contributed by atoms with Gasteiger partial charge in [-0.15, -0.1) is 0 Å². The molecule has 0 saturated heterocycles. The molecule has 2 aromatic rings. The van der Waals surface area contributed by atoms with Gasteiger partial charge in [-0.25, -0.2) is 13.2 Å². The summed E-state index contributed by atoms with van der Waals surface area (Å²) < 4.78 is 31.7. The molecule has 0 unspecified atom stereocenters. The van der Waals surface area contributed by atoms with Crippen molar-refractivity contribution in [2.24, 2.45) is 0 Å². The number of carbonyl (C=O) groups is 2. The van der Waals surface area contributed by atoms with Crippen molar-refractivity contribution >= 4 is 27.6 Å². The van der Waals surface area contributed by atoms with Gasteiger partial charge >= 0.3 is 5.97 Å². The molecule has 0 radical (unpaired) electrons. The molecule has 0 aliphatic rings. The van der Waals surface area contributed by atoms with E-state index in [2.05, 4.69) is 14.8 Å². The molecule has 0 heterocycles. The van der Waals surface area contributed by atoms with Gasteiger partial charge in [0.05, 0.1) is 29.3 Å². The van der Waals surface area contributed by atoms with Gasteiger partial charge in [0, 0.05) is 0 Å². The van der Waals surface area contributed by atoms with Crippen molar-refractivity contribution in [2.75, 3.05) is 12.4 Å². The summed E-state index contributed by atoms with van der Waals surface area (Å²) in [5, 5.41) is 2.54. The quantitative estimate of drug-likeness (QED) is 0.752. The van der Waals surface area contributed by atoms with Crippen LogP contribution in [0.3, 0.4) is 0 Å².